The average molecular weight is 219 g/mol. The van der Waals surface area contributed by atoms with Gasteiger partial charge in [-0.1, -0.05) is 28.8 Å². The SMILES string of the molecule is N#C/C(=C/c1ccc(Cl)cc1)CN=[N+]=[N-]. The molecule has 0 spiro atoms. The maximum atomic E-state index is 8.74. The lowest BCUT2D eigenvalue weighted by Crippen LogP contribution is -1.83. The molecule has 0 saturated heterocycles. The number of hydrogen-bond donors (Lipinski definition) is 0. The molecule has 0 saturated carbocycles. The van der Waals surface area contributed by atoms with Crippen molar-refractivity contribution in [3.63, 3.8) is 0 Å². The Morgan fingerprint density at radius 3 is 2.73 bits per heavy atom. The van der Waals surface area contributed by atoms with Crippen LogP contribution >= 0.6 is 11.6 Å². The summed E-state index contributed by atoms with van der Waals surface area (Å²) in [6.07, 6.45) is 1.66. The van der Waals surface area contributed by atoms with E-state index >= 15 is 0 Å². The lowest BCUT2D eigenvalue weighted by Gasteiger charge is -1.95. The van der Waals surface area contributed by atoms with Crippen LogP contribution in [0.25, 0.3) is 16.5 Å². The van der Waals surface area contributed by atoms with E-state index in [-0.39, 0.29) is 6.54 Å². The molecule has 74 valence electrons. The summed E-state index contributed by atoms with van der Waals surface area (Å²) in [5.41, 5.74) is 9.38. The van der Waals surface area contributed by atoms with Gasteiger partial charge in [0.05, 0.1) is 12.6 Å². The van der Waals surface area contributed by atoms with Crippen molar-refractivity contribution >= 4 is 17.7 Å². The average Bonchev–Trinajstić information content (AvgIpc) is 2.27. The molecule has 0 amide bonds. The smallest absolute Gasteiger partial charge is 0.0948 e. The number of rotatable bonds is 3. The van der Waals surface area contributed by atoms with Gasteiger partial charge in [-0.2, -0.15) is 5.26 Å². The van der Waals surface area contributed by atoms with Gasteiger partial charge in [-0.05, 0) is 29.3 Å². The Balaban J connectivity index is 2.89. The molecule has 0 aliphatic rings. The zero-order chi connectivity index (χ0) is 11.1. The molecule has 4 nitrogen and oxygen atoms in total. The highest BCUT2D eigenvalue weighted by atomic mass is 35.5. The van der Waals surface area contributed by atoms with Gasteiger partial charge in [0.25, 0.3) is 0 Å². The van der Waals surface area contributed by atoms with Crippen molar-refractivity contribution in [1.29, 1.82) is 5.26 Å². The highest BCUT2D eigenvalue weighted by Gasteiger charge is 1.94. The van der Waals surface area contributed by atoms with Crippen molar-refractivity contribution in [3.05, 3.63) is 50.9 Å². The Kier molecular flexibility index (Phi) is 4.24. The summed E-state index contributed by atoms with van der Waals surface area (Å²) in [5, 5.41) is 12.7. The van der Waals surface area contributed by atoms with Crippen LogP contribution in [0.5, 0.6) is 0 Å². The standard InChI is InChI=1S/C10H7ClN4/c11-10-3-1-8(2-4-10)5-9(6-12)7-14-15-13/h1-5H,7H2/b9-5-. The second kappa shape index (κ2) is 5.71. The van der Waals surface area contributed by atoms with Crippen LogP contribution in [0.15, 0.2) is 35.0 Å². The van der Waals surface area contributed by atoms with Gasteiger partial charge >= 0.3 is 0 Å². The third-order valence-corrected chi connectivity index (χ3v) is 1.91. The van der Waals surface area contributed by atoms with Gasteiger partial charge in [0.1, 0.15) is 0 Å². The Hall–Kier alpha value is -1.95. The zero-order valence-corrected chi connectivity index (χ0v) is 8.52. The summed E-state index contributed by atoms with van der Waals surface area (Å²) in [6, 6.07) is 9.00. The second-order valence-electron chi connectivity index (χ2n) is 2.72. The highest BCUT2D eigenvalue weighted by Crippen LogP contribution is 2.12. The minimum Gasteiger partial charge on any atom is -0.193 e. The highest BCUT2D eigenvalue weighted by molar-refractivity contribution is 6.30. The number of benzene rings is 1. The van der Waals surface area contributed by atoms with Gasteiger partial charge in [0, 0.05) is 15.5 Å². The van der Waals surface area contributed by atoms with E-state index in [0.717, 1.165) is 5.56 Å². The van der Waals surface area contributed by atoms with E-state index in [9.17, 15) is 0 Å². The minimum absolute atomic E-state index is 0.0651. The molecule has 1 rings (SSSR count). The monoisotopic (exact) mass is 218 g/mol. The molecule has 15 heavy (non-hydrogen) atoms. The maximum absolute atomic E-state index is 8.74. The molecule has 0 N–H and O–H groups in total. The summed E-state index contributed by atoms with van der Waals surface area (Å²) in [6.45, 7) is 0.0651. The first-order chi connectivity index (χ1) is 7.26. The van der Waals surface area contributed by atoms with Crippen LogP contribution in [0.2, 0.25) is 5.02 Å². The third kappa shape index (κ3) is 3.74. The number of nitriles is 1. The Bertz CT molecular complexity index is 449. The molecule has 0 bridgehead atoms. The summed E-state index contributed by atoms with van der Waals surface area (Å²) in [5.74, 6) is 0. The van der Waals surface area contributed by atoms with E-state index in [4.69, 9.17) is 22.4 Å². The molecule has 0 heterocycles. The molecule has 0 radical (unpaired) electrons. The molecular formula is C10H7ClN4. The Morgan fingerprint density at radius 2 is 2.20 bits per heavy atom. The van der Waals surface area contributed by atoms with Gasteiger partial charge in [-0.15, -0.1) is 0 Å². The van der Waals surface area contributed by atoms with Crippen LogP contribution < -0.4 is 0 Å². The molecule has 1 aromatic carbocycles. The summed E-state index contributed by atoms with van der Waals surface area (Å²) in [7, 11) is 0. The molecule has 0 aromatic heterocycles. The quantitative estimate of drug-likeness (QED) is 0.331. The summed E-state index contributed by atoms with van der Waals surface area (Å²) >= 11 is 5.71. The van der Waals surface area contributed by atoms with Gasteiger partial charge in [0.2, 0.25) is 0 Å². The fourth-order valence-corrected chi connectivity index (χ4v) is 1.11. The molecular weight excluding hydrogens is 212 g/mol. The first-order valence-corrected chi connectivity index (χ1v) is 4.51. The topological polar surface area (TPSA) is 72.5 Å². The fourth-order valence-electron chi connectivity index (χ4n) is 0.981. The minimum atomic E-state index is 0.0651. The van der Waals surface area contributed by atoms with Crippen molar-refractivity contribution in [3.8, 4) is 6.07 Å². The normalized spacial score (nSPS) is 10.3. The predicted octanol–water partition coefficient (Wildman–Crippen LogP) is 3.56. The van der Waals surface area contributed by atoms with Gasteiger partial charge in [-0.3, -0.25) is 0 Å². The Morgan fingerprint density at radius 1 is 1.53 bits per heavy atom. The van der Waals surface area contributed by atoms with Gasteiger partial charge in [-0.25, -0.2) is 0 Å². The second-order valence-corrected chi connectivity index (χ2v) is 3.16. The van der Waals surface area contributed by atoms with Crippen LogP contribution in [0.3, 0.4) is 0 Å². The van der Waals surface area contributed by atoms with E-state index in [1.54, 1.807) is 30.3 Å². The molecule has 0 aliphatic heterocycles. The zero-order valence-electron chi connectivity index (χ0n) is 7.76. The number of halogens is 1. The molecule has 0 fully saturated rings. The Labute approximate surface area is 92.0 Å². The van der Waals surface area contributed by atoms with Crippen LogP contribution in [0.4, 0.5) is 0 Å². The van der Waals surface area contributed by atoms with Crippen molar-refractivity contribution in [2.75, 3.05) is 6.54 Å². The maximum Gasteiger partial charge on any atom is 0.0948 e. The fraction of sp³-hybridized carbons (Fsp3) is 0.100. The largest absolute Gasteiger partial charge is 0.193 e. The summed E-state index contributed by atoms with van der Waals surface area (Å²) < 4.78 is 0. The summed E-state index contributed by atoms with van der Waals surface area (Å²) in [4.78, 5) is 2.59. The van der Waals surface area contributed by atoms with E-state index in [1.165, 1.54) is 0 Å². The molecule has 5 heteroatoms. The van der Waals surface area contributed by atoms with Crippen LogP contribution in [0.1, 0.15) is 5.56 Å². The lowest BCUT2D eigenvalue weighted by atomic mass is 10.1. The van der Waals surface area contributed by atoms with Crippen molar-refractivity contribution in [1.82, 2.24) is 0 Å². The van der Waals surface area contributed by atoms with E-state index in [0.29, 0.717) is 10.6 Å². The number of nitrogens with zero attached hydrogens (tertiary/aromatic N) is 4. The van der Waals surface area contributed by atoms with Gasteiger partial charge < -0.3 is 0 Å². The number of hydrogen-bond acceptors (Lipinski definition) is 2. The molecule has 0 atom stereocenters. The first-order valence-electron chi connectivity index (χ1n) is 4.13. The number of azide groups is 1. The molecule has 1 aromatic rings. The van der Waals surface area contributed by atoms with Crippen molar-refractivity contribution in [2.24, 2.45) is 5.11 Å². The molecule has 0 unspecified atom stereocenters. The van der Waals surface area contributed by atoms with Crippen molar-refractivity contribution in [2.45, 2.75) is 0 Å². The van der Waals surface area contributed by atoms with Crippen LogP contribution in [0, 0.1) is 11.3 Å². The lowest BCUT2D eigenvalue weighted by molar-refractivity contribution is 1.17. The van der Waals surface area contributed by atoms with Crippen LogP contribution in [-0.2, 0) is 0 Å². The van der Waals surface area contributed by atoms with E-state index in [2.05, 4.69) is 10.0 Å². The van der Waals surface area contributed by atoms with Crippen LogP contribution in [-0.4, -0.2) is 6.54 Å². The van der Waals surface area contributed by atoms with E-state index < -0.39 is 0 Å². The van der Waals surface area contributed by atoms with Gasteiger partial charge in [0.15, 0.2) is 0 Å². The van der Waals surface area contributed by atoms with E-state index in [1.807, 2.05) is 6.07 Å². The third-order valence-electron chi connectivity index (χ3n) is 1.66. The molecule has 0 aliphatic carbocycles. The first kappa shape index (κ1) is 11.1. The van der Waals surface area contributed by atoms with Crippen molar-refractivity contribution < 1.29 is 0 Å². The predicted molar refractivity (Wildman–Crippen MR) is 59.1 cm³/mol.